The highest BCUT2D eigenvalue weighted by molar-refractivity contribution is 5.37. The molecule has 2 N–H and O–H groups in total. The van der Waals surface area contributed by atoms with Crippen molar-refractivity contribution in [2.24, 2.45) is 0 Å². The summed E-state index contributed by atoms with van der Waals surface area (Å²) in [5, 5.41) is 5.90. The number of benzene rings is 1. The predicted octanol–water partition coefficient (Wildman–Crippen LogP) is 2.32. The van der Waals surface area contributed by atoms with Gasteiger partial charge < -0.3 is 5.32 Å². The molecule has 0 saturated heterocycles. The summed E-state index contributed by atoms with van der Waals surface area (Å²) in [4.78, 5) is 11.9. The van der Waals surface area contributed by atoms with E-state index in [0.29, 0.717) is 12.5 Å². The van der Waals surface area contributed by atoms with Crippen LogP contribution < -0.4 is 10.9 Å². The van der Waals surface area contributed by atoms with Crippen molar-refractivity contribution >= 4 is 0 Å². The zero-order valence-electron chi connectivity index (χ0n) is 11.9. The number of hydrogen-bond donors (Lipinski definition) is 2. The maximum atomic E-state index is 11.9. The fourth-order valence-electron chi connectivity index (χ4n) is 2.20. The topological polar surface area (TPSA) is 49.8 Å². The smallest absolute Gasteiger partial charge is 0.269 e. The minimum absolute atomic E-state index is 0.0280. The SMILES string of the molecule is CNCc1c(C)n(-c2ccc(C(C)C)cc2)[nH]c1=O. The second-order valence-corrected chi connectivity index (χ2v) is 5.12. The lowest BCUT2D eigenvalue weighted by Gasteiger charge is -2.09. The molecule has 0 saturated carbocycles. The van der Waals surface area contributed by atoms with Crippen LogP contribution in [-0.2, 0) is 6.54 Å². The molecule has 1 aromatic carbocycles. The Bertz CT molecular complexity index is 605. The molecule has 0 atom stereocenters. The highest BCUT2D eigenvalue weighted by Crippen LogP contribution is 2.17. The monoisotopic (exact) mass is 259 g/mol. The van der Waals surface area contributed by atoms with Crippen molar-refractivity contribution in [2.75, 3.05) is 7.05 Å². The Morgan fingerprint density at radius 1 is 1.26 bits per heavy atom. The molecule has 0 fully saturated rings. The third kappa shape index (κ3) is 2.63. The van der Waals surface area contributed by atoms with E-state index < -0.39 is 0 Å². The molecule has 0 aliphatic rings. The normalized spacial score (nSPS) is 11.2. The summed E-state index contributed by atoms with van der Waals surface area (Å²) >= 11 is 0. The minimum atomic E-state index is -0.0280. The summed E-state index contributed by atoms with van der Waals surface area (Å²) in [6.45, 7) is 6.88. The van der Waals surface area contributed by atoms with E-state index in [1.165, 1.54) is 5.56 Å². The van der Waals surface area contributed by atoms with E-state index in [-0.39, 0.29) is 5.56 Å². The molecule has 4 heteroatoms. The standard InChI is InChI=1S/C15H21N3O/c1-10(2)12-5-7-13(8-6-12)18-11(3)14(9-16-4)15(19)17-18/h5-8,10,16H,9H2,1-4H3,(H,17,19). The summed E-state index contributed by atoms with van der Waals surface area (Å²) in [6.07, 6.45) is 0. The molecule has 1 aromatic heterocycles. The molecule has 2 rings (SSSR count). The molecule has 0 spiro atoms. The van der Waals surface area contributed by atoms with Crippen LogP contribution in [0.1, 0.15) is 36.6 Å². The molecule has 2 aromatic rings. The van der Waals surface area contributed by atoms with Crippen LogP contribution in [0.15, 0.2) is 29.1 Å². The average molecular weight is 259 g/mol. The molecule has 0 aliphatic heterocycles. The first kappa shape index (κ1) is 13.6. The molecule has 0 aliphatic carbocycles. The van der Waals surface area contributed by atoms with Gasteiger partial charge in [0.2, 0.25) is 0 Å². The zero-order chi connectivity index (χ0) is 14.0. The minimum Gasteiger partial charge on any atom is -0.315 e. The van der Waals surface area contributed by atoms with Crippen LogP contribution in [0.2, 0.25) is 0 Å². The van der Waals surface area contributed by atoms with Gasteiger partial charge >= 0.3 is 0 Å². The Morgan fingerprint density at radius 3 is 2.42 bits per heavy atom. The summed E-state index contributed by atoms with van der Waals surface area (Å²) in [7, 11) is 1.84. The molecule has 0 amide bonds. The van der Waals surface area contributed by atoms with Gasteiger partial charge in [-0.1, -0.05) is 26.0 Å². The van der Waals surface area contributed by atoms with Crippen LogP contribution in [0.5, 0.6) is 0 Å². The first-order valence-electron chi connectivity index (χ1n) is 6.60. The lowest BCUT2D eigenvalue weighted by Crippen LogP contribution is -2.14. The molecule has 0 unspecified atom stereocenters. The number of nitrogens with one attached hydrogen (secondary N) is 2. The van der Waals surface area contributed by atoms with E-state index in [2.05, 4.69) is 36.4 Å². The van der Waals surface area contributed by atoms with Crippen LogP contribution in [0.4, 0.5) is 0 Å². The maximum absolute atomic E-state index is 11.9. The largest absolute Gasteiger partial charge is 0.315 e. The second kappa shape index (κ2) is 5.45. The Kier molecular flexibility index (Phi) is 3.90. The van der Waals surface area contributed by atoms with Crippen molar-refractivity contribution in [1.82, 2.24) is 15.1 Å². The van der Waals surface area contributed by atoms with Gasteiger partial charge in [0.15, 0.2) is 0 Å². The van der Waals surface area contributed by atoms with E-state index in [1.807, 2.05) is 30.8 Å². The highest BCUT2D eigenvalue weighted by Gasteiger charge is 2.11. The van der Waals surface area contributed by atoms with E-state index in [9.17, 15) is 4.79 Å². The van der Waals surface area contributed by atoms with Crippen molar-refractivity contribution < 1.29 is 0 Å². The van der Waals surface area contributed by atoms with Crippen molar-refractivity contribution in [3.63, 3.8) is 0 Å². The van der Waals surface area contributed by atoms with Crippen molar-refractivity contribution in [2.45, 2.75) is 33.2 Å². The summed E-state index contributed by atoms with van der Waals surface area (Å²) < 4.78 is 1.85. The number of aromatic amines is 1. The molecule has 0 bridgehead atoms. The Labute approximate surface area is 113 Å². The van der Waals surface area contributed by atoms with Gasteiger partial charge in [0.05, 0.1) is 11.3 Å². The molecule has 1 heterocycles. The average Bonchev–Trinajstić information content (AvgIpc) is 2.67. The van der Waals surface area contributed by atoms with E-state index in [1.54, 1.807) is 0 Å². The van der Waals surface area contributed by atoms with Crippen LogP contribution in [0, 0.1) is 6.92 Å². The van der Waals surface area contributed by atoms with Gasteiger partial charge in [0.25, 0.3) is 5.56 Å². The third-order valence-electron chi connectivity index (χ3n) is 3.43. The Morgan fingerprint density at radius 2 is 1.89 bits per heavy atom. The van der Waals surface area contributed by atoms with Gasteiger partial charge in [-0.25, -0.2) is 0 Å². The van der Waals surface area contributed by atoms with Gasteiger partial charge in [-0.3, -0.25) is 14.6 Å². The first-order chi connectivity index (χ1) is 9.04. The molecule has 19 heavy (non-hydrogen) atoms. The van der Waals surface area contributed by atoms with Gasteiger partial charge in [0.1, 0.15) is 0 Å². The number of nitrogens with zero attached hydrogens (tertiary/aromatic N) is 1. The first-order valence-corrected chi connectivity index (χ1v) is 6.60. The molecule has 102 valence electrons. The fraction of sp³-hybridized carbons (Fsp3) is 0.400. The lowest BCUT2D eigenvalue weighted by atomic mass is 10.0. The Balaban J connectivity index is 2.42. The summed E-state index contributed by atoms with van der Waals surface area (Å²) in [5.74, 6) is 0.513. The molecule has 0 radical (unpaired) electrons. The molecular weight excluding hydrogens is 238 g/mol. The van der Waals surface area contributed by atoms with Crippen LogP contribution in [0.3, 0.4) is 0 Å². The van der Waals surface area contributed by atoms with Gasteiger partial charge in [-0.05, 0) is 37.6 Å². The third-order valence-corrected chi connectivity index (χ3v) is 3.43. The van der Waals surface area contributed by atoms with E-state index in [0.717, 1.165) is 16.9 Å². The van der Waals surface area contributed by atoms with Crippen molar-refractivity contribution in [3.8, 4) is 5.69 Å². The van der Waals surface area contributed by atoms with Crippen LogP contribution >= 0.6 is 0 Å². The van der Waals surface area contributed by atoms with E-state index >= 15 is 0 Å². The predicted molar refractivity (Wildman–Crippen MR) is 78.0 cm³/mol. The van der Waals surface area contributed by atoms with Gasteiger partial charge in [-0.2, -0.15) is 0 Å². The van der Waals surface area contributed by atoms with Gasteiger partial charge in [0, 0.05) is 12.2 Å². The summed E-state index contributed by atoms with van der Waals surface area (Å²) in [5.41, 5.74) is 4.00. The quantitative estimate of drug-likeness (QED) is 0.885. The highest BCUT2D eigenvalue weighted by atomic mass is 16.1. The number of H-pyrrole nitrogens is 1. The van der Waals surface area contributed by atoms with E-state index in [4.69, 9.17) is 0 Å². The Hall–Kier alpha value is -1.81. The number of aromatic nitrogens is 2. The molecular formula is C15H21N3O. The zero-order valence-corrected chi connectivity index (χ0v) is 11.9. The van der Waals surface area contributed by atoms with Gasteiger partial charge in [-0.15, -0.1) is 0 Å². The fourth-order valence-corrected chi connectivity index (χ4v) is 2.20. The van der Waals surface area contributed by atoms with Crippen molar-refractivity contribution in [1.29, 1.82) is 0 Å². The molecule has 4 nitrogen and oxygen atoms in total. The lowest BCUT2D eigenvalue weighted by molar-refractivity contribution is 0.800. The second-order valence-electron chi connectivity index (χ2n) is 5.12. The summed E-state index contributed by atoms with van der Waals surface area (Å²) in [6, 6.07) is 8.30. The van der Waals surface area contributed by atoms with Crippen LogP contribution in [-0.4, -0.2) is 16.8 Å². The number of hydrogen-bond acceptors (Lipinski definition) is 2. The maximum Gasteiger partial charge on any atom is 0.269 e. The van der Waals surface area contributed by atoms with Crippen LogP contribution in [0.25, 0.3) is 5.69 Å². The number of rotatable bonds is 4. The van der Waals surface area contributed by atoms with Crippen molar-refractivity contribution in [3.05, 3.63) is 51.4 Å².